The van der Waals surface area contributed by atoms with E-state index in [2.05, 4.69) is 20.3 Å². The van der Waals surface area contributed by atoms with E-state index in [1.807, 2.05) is 0 Å². The van der Waals surface area contributed by atoms with Crippen LogP contribution in [0.25, 0.3) is 28.0 Å². The lowest BCUT2D eigenvalue weighted by Crippen LogP contribution is -2.11. The van der Waals surface area contributed by atoms with Crippen LogP contribution in [0.5, 0.6) is 5.88 Å². The molecule has 0 saturated carbocycles. The van der Waals surface area contributed by atoms with Gasteiger partial charge in [0.05, 0.1) is 41.5 Å². The van der Waals surface area contributed by atoms with Crippen LogP contribution in [0.2, 0.25) is 0 Å². The van der Waals surface area contributed by atoms with Gasteiger partial charge in [0.2, 0.25) is 0 Å². The van der Waals surface area contributed by atoms with Gasteiger partial charge in [0, 0.05) is 31.2 Å². The summed E-state index contributed by atoms with van der Waals surface area (Å²) in [6, 6.07) is 11.6. The van der Waals surface area contributed by atoms with Crippen LogP contribution in [0.3, 0.4) is 0 Å². The molecule has 0 unspecified atom stereocenters. The van der Waals surface area contributed by atoms with Crippen molar-refractivity contribution in [3.63, 3.8) is 0 Å². The van der Waals surface area contributed by atoms with E-state index >= 15 is 13.2 Å². The van der Waals surface area contributed by atoms with Gasteiger partial charge in [-0.25, -0.2) is 41.4 Å². The zero-order valence-electron chi connectivity index (χ0n) is 24.4. The van der Waals surface area contributed by atoms with Gasteiger partial charge < -0.3 is 19.1 Å². The summed E-state index contributed by atoms with van der Waals surface area (Å²) < 4.78 is 89.3. The van der Waals surface area contributed by atoms with Crippen LogP contribution in [-0.4, -0.2) is 54.3 Å². The highest BCUT2D eigenvalue weighted by Gasteiger charge is 2.25. The summed E-state index contributed by atoms with van der Waals surface area (Å²) in [5, 5.41) is 17.0. The van der Waals surface area contributed by atoms with E-state index in [1.165, 1.54) is 23.9 Å². The van der Waals surface area contributed by atoms with Crippen LogP contribution in [0.4, 0.5) is 22.0 Å². The summed E-state index contributed by atoms with van der Waals surface area (Å²) in [4.78, 5) is 19.6. The number of nitrogens with zero attached hydrogens (tertiary/aromatic N) is 6. The van der Waals surface area contributed by atoms with Gasteiger partial charge in [-0.1, -0.05) is 17.3 Å². The Morgan fingerprint density at radius 3 is 2.40 bits per heavy atom. The van der Waals surface area contributed by atoms with Gasteiger partial charge in [-0.3, -0.25) is 0 Å². The second kappa shape index (κ2) is 13.0. The van der Waals surface area contributed by atoms with E-state index in [1.54, 1.807) is 35.1 Å². The van der Waals surface area contributed by atoms with Gasteiger partial charge in [0.15, 0.2) is 23.3 Å². The Kier molecular flexibility index (Phi) is 8.63. The number of carbonyl (C=O) groups is 1. The highest BCUT2D eigenvalue weighted by Crippen LogP contribution is 2.32. The van der Waals surface area contributed by atoms with Gasteiger partial charge in [-0.15, -0.1) is 5.10 Å². The smallest absolute Gasteiger partial charge is 0.335 e. The Hall–Kier alpha value is -5.70. The van der Waals surface area contributed by atoms with Crippen molar-refractivity contribution in [1.29, 1.82) is 0 Å². The predicted molar refractivity (Wildman–Crippen MR) is 157 cm³/mol. The number of imidazole rings is 1. The standard InChI is InChI=1S/C32H23F5N6O4/c1-46-11-10-42-26-13-18(32(44)45)12-24(35)30(26)40-27(42)15-20-23(34)14-21(29(37)28(20)36)25-7-6-22(33)31(39-25)47-16-17-2-4-19(5-3-17)43-9-8-38-41-43/h2-9,12-14H,10-11,15-16H2,1H3,(H,44,45). The molecule has 3 heterocycles. The number of pyridine rings is 1. The Balaban J connectivity index is 1.28. The van der Waals surface area contributed by atoms with Crippen molar-refractivity contribution < 1.29 is 41.3 Å². The van der Waals surface area contributed by atoms with Crippen molar-refractivity contribution in [3.05, 3.63) is 119 Å². The number of carboxylic acid groups (broad SMARTS) is 1. The fourth-order valence-corrected chi connectivity index (χ4v) is 4.98. The summed E-state index contributed by atoms with van der Waals surface area (Å²) in [5.41, 5.74) is -0.752. The van der Waals surface area contributed by atoms with E-state index in [9.17, 15) is 18.7 Å². The van der Waals surface area contributed by atoms with Crippen molar-refractivity contribution in [2.24, 2.45) is 0 Å². The molecule has 0 bridgehead atoms. The van der Waals surface area contributed by atoms with Crippen LogP contribution in [0.15, 0.2) is 67.0 Å². The summed E-state index contributed by atoms with van der Waals surface area (Å²) in [5.74, 6) is -7.98. The number of fused-ring (bicyclic) bond motifs is 1. The summed E-state index contributed by atoms with van der Waals surface area (Å²) in [6.07, 6.45) is 2.57. The molecule has 1 N–H and O–H groups in total. The highest BCUT2D eigenvalue weighted by molar-refractivity contribution is 5.92. The zero-order valence-corrected chi connectivity index (χ0v) is 24.4. The number of aromatic carboxylic acids is 1. The lowest BCUT2D eigenvalue weighted by atomic mass is 10.0. The monoisotopic (exact) mass is 650 g/mol. The summed E-state index contributed by atoms with van der Waals surface area (Å²) in [6.45, 7) is -0.0126. The van der Waals surface area contributed by atoms with Crippen LogP contribution >= 0.6 is 0 Å². The quantitative estimate of drug-likeness (QED) is 0.136. The molecule has 3 aromatic carbocycles. The minimum absolute atomic E-state index is 0.0306. The first-order valence-corrected chi connectivity index (χ1v) is 14.0. The Bertz CT molecular complexity index is 2100. The van der Waals surface area contributed by atoms with Gasteiger partial charge in [0.1, 0.15) is 23.8 Å². The lowest BCUT2D eigenvalue weighted by molar-refractivity contribution is 0.0696. The third-order valence-corrected chi connectivity index (χ3v) is 7.33. The molecule has 3 aromatic heterocycles. The first-order valence-electron chi connectivity index (χ1n) is 14.0. The number of aromatic nitrogens is 6. The number of rotatable bonds is 11. The molecule has 0 aliphatic carbocycles. The molecule has 6 aromatic rings. The van der Waals surface area contributed by atoms with Crippen molar-refractivity contribution in [1.82, 2.24) is 29.5 Å². The van der Waals surface area contributed by atoms with Crippen LogP contribution < -0.4 is 4.74 Å². The van der Waals surface area contributed by atoms with Crippen molar-refractivity contribution in [2.45, 2.75) is 19.6 Å². The van der Waals surface area contributed by atoms with Gasteiger partial charge in [-0.05, 0) is 48.0 Å². The largest absolute Gasteiger partial charge is 0.478 e. The number of halogens is 5. The van der Waals surface area contributed by atoms with Crippen molar-refractivity contribution >= 4 is 17.0 Å². The molecule has 240 valence electrons. The van der Waals surface area contributed by atoms with Gasteiger partial charge in [-0.2, -0.15) is 0 Å². The SMILES string of the molecule is COCCn1c(Cc2c(F)cc(-c3ccc(F)c(OCc4ccc(-n5ccnn5)cc4)n3)c(F)c2F)nc2c(F)cc(C(=O)O)cc21. The fourth-order valence-electron chi connectivity index (χ4n) is 4.98. The third kappa shape index (κ3) is 6.24. The Morgan fingerprint density at radius 2 is 1.70 bits per heavy atom. The fraction of sp³-hybridized carbons (Fsp3) is 0.156. The van der Waals surface area contributed by atoms with Crippen molar-refractivity contribution in [3.8, 4) is 22.8 Å². The second-order valence-electron chi connectivity index (χ2n) is 10.3. The molecule has 0 fully saturated rings. The van der Waals surface area contributed by atoms with Crippen LogP contribution in [0.1, 0.15) is 27.3 Å². The molecule has 15 heteroatoms. The molecule has 0 amide bonds. The van der Waals surface area contributed by atoms with Crippen LogP contribution in [0, 0.1) is 29.1 Å². The molecule has 0 radical (unpaired) electrons. The number of methoxy groups -OCH3 is 1. The molecule has 0 spiro atoms. The minimum Gasteiger partial charge on any atom is -0.478 e. The molecular weight excluding hydrogens is 627 g/mol. The molecule has 0 aliphatic heterocycles. The number of hydrogen-bond donors (Lipinski definition) is 1. The number of hydrogen-bond acceptors (Lipinski definition) is 7. The normalized spacial score (nSPS) is 11.4. The first kappa shape index (κ1) is 31.3. The third-order valence-electron chi connectivity index (χ3n) is 7.33. The lowest BCUT2D eigenvalue weighted by Gasteiger charge is -2.13. The molecule has 0 saturated heterocycles. The molecule has 0 aliphatic rings. The molecule has 6 rings (SSSR count). The Morgan fingerprint density at radius 1 is 0.915 bits per heavy atom. The number of ether oxygens (including phenoxy) is 2. The highest BCUT2D eigenvalue weighted by atomic mass is 19.2. The molecular formula is C32H23F5N6O4. The van der Waals surface area contributed by atoms with Gasteiger partial charge in [0.25, 0.3) is 5.88 Å². The predicted octanol–water partition coefficient (Wildman–Crippen LogP) is 5.89. The Labute approximate surface area is 262 Å². The average molecular weight is 651 g/mol. The topological polar surface area (TPSA) is 117 Å². The maximum absolute atomic E-state index is 15.5. The maximum Gasteiger partial charge on any atom is 0.335 e. The molecule has 0 atom stereocenters. The zero-order chi connectivity index (χ0) is 33.2. The average Bonchev–Trinajstić information content (AvgIpc) is 3.72. The summed E-state index contributed by atoms with van der Waals surface area (Å²) in [7, 11) is 1.40. The van der Waals surface area contributed by atoms with E-state index in [0.717, 1.165) is 23.9 Å². The molecule has 47 heavy (non-hydrogen) atoms. The van der Waals surface area contributed by atoms with E-state index < -0.39 is 58.5 Å². The second-order valence-corrected chi connectivity index (χ2v) is 10.3. The van der Waals surface area contributed by atoms with E-state index in [-0.39, 0.29) is 47.9 Å². The van der Waals surface area contributed by atoms with E-state index in [4.69, 9.17) is 9.47 Å². The minimum atomic E-state index is -1.56. The maximum atomic E-state index is 15.5. The number of benzene rings is 3. The van der Waals surface area contributed by atoms with Crippen LogP contribution in [-0.2, 0) is 24.3 Å². The summed E-state index contributed by atoms with van der Waals surface area (Å²) >= 11 is 0. The van der Waals surface area contributed by atoms with E-state index in [0.29, 0.717) is 11.6 Å². The van der Waals surface area contributed by atoms with Gasteiger partial charge >= 0.3 is 5.97 Å². The number of carboxylic acids is 1. The molecule has 10 nitrogen and oxygen atoms in total. The van der Waals surface area contributed by atoms with Crippen molar-refractivity contribution in [2.75, 3.05) is 13.7 Å². The first-order chi connectivity index (χ1) is 22.6.